The molecule has 0 aliphatic carbocycles. The van der Waals surface area contributed by atoms with Gasteiger partial charge in [0.1, 0.15) is 0 Å². The number of thiazole rings is 1. The number of halogens is 1. The fraction of sp³-hybridized carbons (Fsp3) is 0.259. The SMILES string of the molecule is Cc1cccc2sc(N(Cc3ccccc3)C(=O)C3CCN(S(=O)(=O)c4ccc(Cl)cc4)CC3)nc12. The van der Waals surface area contributed by atoms with Crippen LogP contribution in [0.2, 0.25) is 5.02 Å². The van der Waals surface area contributed by atoms with E-state index in [2.05, 4.69) is 0 Å². The number of anilines is 1. The van der Waals surface area contributed by atoms with Crippen molar-refractivity contribution in [1.29, 1.82) is 0 Å². The number of piperidine rings is 1. The van der Waals surface area contributed by atoms with Crippen LogP contribution in [0.25, 0.3) is 10.2 Å². The second-order valence-corrected chi connectivity index (χ2v) is 12.3. The van der Waals surface area contributed by atoms with Crippen molar-refractivity contribution in [1.82, 2.24) is 9.29 Å². The Morgan fingerprint density at radius 1 is 1.03 bits per heavy atom. The molecule has 1 amide bonds. The van der Waals surface area contributed by atoms with Gasteiger partial charge in [0.05, 0.1) is 21.7 Å². The fourth-order valence-electron chi connectivity index (χ4n) is 4.51. The molecule has 0 atom stereocenters. The number of sulfonamides is 1. The summed E-state index contributed by atoms with van der Waals surface area (Å²) in [6.07, 6.45) is 0.918. The van der Waals surface area contributed by atoms with Gasteiger partial charge in [-0.3, -0.25) is 9.69 Å². The number of carbonyl (C=O) groups excluding carboxylic acids is 1. The molecule has 0 saturated carbocycles. The Kier molecular flexibility index (Phi) is 7.12. The van der Waals surface area contributed by atoms with E-state index in [9.17, 15) is 13.2 Å². The van der Waals surface area contributed by atoms with E-state index >= 15 is 0 Å². The van der Waals surface area contributed by atoms with Crippen molar-refractivity contribution in [2.75, 3.05) is 18.0 Å². The topological polar surface area (TPSA) is 70.6 Å². The van der Waals surface area contributed by atoms with E-state index in [1.165, 1.54) is 27.8 Å². The van der Waals surface area contributed by atoms with Crippen molar-refractivity contribution in [3.05, 3.63) is 88.9 Å². The molecule has 186 valence electrons. The molecule has 1 aliphatic rings. The van der Waals surface area contributed by atoms with Crippen molar-refractivity contribution >= 4 is 54.2 Å². The minimum Gasteiger partial charge on any atom is -0.283 e. The first kappa shape index (κ1) is 24.9. The molecular formula is C27H26ClN3O3S2. The number of amides is 1. The standard InChI is InChI=1S/C27H26ClN3O3S2/c1-19-6-5-9-24-25(19)29-27(35-24)31(18-20-7-3-2-4-8-20)26(32)21-14-16-30(17-15-21)36(33,34)23-12-10-22(28)11-13-23/h2-13,21H,14-18H2,1H3. The summed E-state index contributed by atoms with van der Waals surface area (Å²) >= 11 is 7.43. The molecule has 1 aromatic heterocycles. The minimum atomic E-state index is -3.63. The highest BCUT2D eigenvalue weighted by Gasteiger charge is 2.35. The van der Waals surface area contributed by atoms with Crippen LogP contribution in [0.1, 0.15) is 24.0 Å². The number of fused-ring (bicyclic) bond motifs is 1. The fourth-order valence-corrected chi connectivity index (χ4v) is 7.16. The molecule has 0 bridgehead atoms. The molecule has 1 fully saturated rings. The highest BCUT2D eigenvalue weighted by Crippen LogP contribution is 2.34. The lowest BCUT2D eigenvalue weighted by molar-refractivity contribution is -0.123. The highest BCUT2D eigenvalue weighted by molar-refractivity contribution is 7.89. The zero-order valence-electron chi connectivity index (χ0n) is 19.8. The van der Waals surface area contributed by atoms with Gasteiger partial charge < -0.3 is 0 Å². The third-order valence-electron chi connectivity index (χ3n) is 6.54. The van der Waals surface area contributed by atoms with E-state index in [4.69, 9.17) is 16.6 Å². The number of hydrogen-bond donors (Lipinski definition) is 0. The van der Waals surface area contributed by atoms with Gasteiger partial charge in [-0.25, -0.2) is 13.4 Å². The molecule has 4 aromatic rings. The maximum atomic E-state index is 13.8. The minimum absolute atomic E-state index is 0.0147. The Balaban J connectivity index is 1.37. The van der Waals surface area contributed by atoms with Crippen LogP contribution in [0.4, 0.5) is 5.13 Å². The maximum Gasteiger partial charge on any atom is 0.243 e. The first-order chi connectivity index (χ1) is 17.3. The summed E-state index contributed by atoms with van der Waals surface area (Å²) < 4.78 is 28.7. The number of aryl methyl sites for hydroxylation is 1. The van der Waals surface area contributed by atoms with E-state index in [0.29, 0.717) is 42.6 Å². The third kappa shape index (κ3) is 5.04. The van der Waals surface area contributed by atoms with Gasteiger partial charge in [-0.05, 0) is 61.2 Å². The van der Waals surface area contributed by atoms with Gasteiger partial charge in [0.2, 0.25) is 15.9 Å². The predicted octanol–water partition coefficient (Wildman–Crippen LogP) is 5.89. The Morgan fingerprint density at radius 3 is 2.39 bits per heavy atom. The zero-order chi connectivity index (χ0) is 25.3. The Labute approximate surface area is 220 Å². The maximum absolute atomic E-state index is 13.8. The van der Waals surface area contributed by atoms with Crippen LogP contribution in [0.5, 0.6) is 0 Å². The van der Waals surface area contributed by atoms with Gasteiger partial charge in [-0.15, -0.1) is 0 Å². The summed E-state index contributed by atoms with van der Waals surface area (Å²) in [5.74, 6) is -0.294. The number of carbonyl (C=O) groups is 1. The van der Waals surface area contributed by atoms with Gasteiger partial charge in [-0.1, -0.05) is 65.4 Å². The molecule has 2 heterocycles. The molecule has 36 heavy (non-hydrogen) atoms. The third-order valence-corrected chi connectivity index (χ3v) is 9.75. The molecule has 1 aliphatic heterocycles. The summed E-state index contributed by atoms with van der Waals surface area (Å²) in [4.78, 5) is 20.7. The molecule has 0 radical (unpaired) electrons. The van der Waals surface area contributed by atoms with Crippen LogP contribution in [0.15, 0.2) is 77.7 Å². The van der Waals surface area contributed by atoms with E-state index in [1.54, 1.807) is 17.0 Å². The van der Waals surface area contributed by atoms with Crippen molar-refractivity contribution in [2.24, 2.45) is 5.92 Å². The number of benzene rings is 3. The monoisotopic (exact) mass is 539 g/mol. The normalized spacial score (nSPS) is 15.3. The van der Waals surface area contributed by atoms with E-state index in [0.717, 1.165) is 21.3 Å². The van der Waals surface area contributed by atoms with Crippen LogP contribution in [0, 0.1) is 12.8 Å². The van der Waals surface area contributed by atoms with Gasteiger partial charge in [-0.2, -0.15) is 4.31 Å². The van der Waals surface area contributed by atoms with Crippen molar-refractivity contribution in [2.45, 2.75) is 31.2 Å². The van der Waals surface area contributed by atoms with Crippen LogP contribution in [0.3, 0.4) is 0 Å². The van der Waals surface area contributed by atoms with Gasteiger partial charge in [0.15, 0.2) is 5.13 Å². The van der Waals surface area contributed by atoms with E-state index in [-0.39, 0.29) is 16.7 Å². The number of rotatable bonds is 6. The summed E-state index contributed by atoms with van der Waals surface area (Å²) in [7, 11) is -3.63. The molecule has 0 unspecified atom stereocenters. The molecule has 0 spiro atoms. The van der Waals surface area contributed by atoms with Gasteiger partial charge in [0.25, 0.3) is 0 Å². The smallest absolute Gasteiger partial charge is 0.243 e. The molecule has 3 aromatic carbocycles. The quantitative estimate of drug-likeness (QED) is 0.306. The summed E-state index contributed by atoms with van der Waals surface area (Å²) in [5.41, 5.74) is 3.00. The van der Waals surface area contributed by atoms with Crippen LogP contribution < -0.4 is 4.90 Å². The Hall–Kier alpha value is -2.78. The molecule has 0 N–H and O–H groups in total. The highest BCUT2D eigenvalue weighted by atomic mass is 35.5. The first-order valence-corrected chi connectivity index (χ1v) is 14.4. The number of aromatic nitrogens is 1. The Morgan fingerprint density at radius 2 is 1.72 bits per heavy atom. The second kappa shape index (κ2) is 10.3. The lowest BCUT2D eigenvalue weighted by Crippen LogP contribution is -2.44. The van der Waals surface area contributed by atoms with Crippen LogP contribution in [-0.2, 0) is 21.4 Å². The average Bonchev–Trinajstić information content (AvgIpc) is 3.33. The molecular weight excluding hydrogens is 514 g/mol. The molecule has 9 heteroatoms. The van der Waals surface area contributed by atoms with Crippen molar-refractivity contribution in [3.8, 4) is 0 Å². The number of hydrogen-bond acceptors (Lipinski definition) is 5. The van der Waals surface area contributed by atoms with Crippen LogP contribution in [-0.4, -0.2) is 36.7 Å². The van der Waals surface area contributed by atoms with Crippen molar-refractivity contribution in [3.63, 3.8) is 0 Å². The van der Waals surface area contributed by atoms with E-state index in [1.807, 2.05) is 55.5 Å². The van der Waals surface area contributed by atoms with E-state index < -0.39 is 10.0 Å². The molecule has 5 rings (SSSR count). The zero-order valence-corrected chi connectivity index (χ0v) is 22.2. The molecule has 1 saturated heterocycles. The number of nitrogens with zero attached hydrogens (tertiary/aromatic N) is 3. The summed E-state index contributed by atoms with van der Waals surface area (Å²) in [6.45, 7) is 3.02. The molecule has 6 nitrogen and oxygen atoms in total. The largest absolute Gasteiger partial charge is 0.283 e. The van der Waals surface area contributed by atoms with Gasteiger partial charge >= 0.3 is 0 Å². The lowest BCUT2D eigenvalue weighted by Gasteiger charge is -2.33. The predicted molar refractivity (Wildman–Crippen MR) is 145 cm³/mol. The first-order valence-electron chi connectivity index (χ1n) is 11.8. The second-order valence-electron chi connectivity index (χ2n) is 8.96. The summed E-state index contributed by atoms with van der Waals surface area (Å²) in [5, 5.41) is 1.16. The van der Waals surface area contributed by atoms with Crippen molar-refractivity contribution < 1.29 is 13.2 Å². The Bertz CT molecular complexity index is 1480. The number of para-hydroxylation sites is 1. The average molecular weight is 540 g/mol. The lowest BCUT2D eigenvalue weighted by atomic mass is 9.96. The van der Waals surface area contributed by atoms with Crippen LogP contribution >= 0.6 is 22.9 Å². The summed E-state index contributed by atoms with van der Waals surface area (Å²) in [6, 6.07) is 22.1. The van der Waals surface area contributed by atoms with Gasteiger partial charge in [0, 0.05) is 24.0 Å².